The second kappa shape index (κ2) is 5.57. The Bertz CT molecular complexity index is 594. The van der Waals surface area contributed by atoms with Gasteiger partial charge in [-0.25, -0.2) is 14.8 Å². The molecule has 1 amide bonds. The molecule has 1 aliphatic heterocycles. The summed E-state index contributed by atoms with van der Waals surface area (Å²) in [6.07, 6.45) is 2.77. The fourth-order valence-corrected chi connectivity index (χ4v) is 2.95. The molecule has 0 spiro atoms. The number of aryl methyl sites for hydroxylation is 1. The van der Waals surface area contributed by atoms with Gasteiger partial charge in [0, 0.05) is 18.7 Å². The molecule has 1 aliphatic carbocycles. The number of aromatic nitrogens is 2. The first kappa shape index (κ1) is 15.3. The van der Waals surface area contributed by atoms with Crippen LogP contribution >= 0.6 is 11.6 Å². The summed E-state index contributed by atoms with van der Waals surface area (Å²) in [5, 5.41) is 3.67. The highest BCUT2D eigenvalue weighted by atomic mass is 35.5. The molecule has 3 rings (SSSR count). The lowest BCUT2D eigenvalue weighted by molar-refractivity contribution is 0.0104. The molecule has 1 fully saturated rings. The van der Waals surface area contributed by atoms with Crippen LogP contribution in [0.15, 0.2) is 0 Å². The van der Waals surface area contributed by atoms with Gasteiger partial charge in [0.2, 0.25) is 5.28 Å². The molecule has 22 heavy (non-hydrogen) atoms. The molecular weight excluding hydrogens is 304 g/mol. The van der Waals surface area contributed by atoms with E-state index in [9.17, 15) is 4.79 Å². The van der Waals surface area contributed by atoms with Crippen LogP contribution in [0.1, 0.15) is 38.4 Å². The molecule has 7 heteroatoms. The van der Waals surface area contributed by atoms with Crippen LogP contribution in [0.2, 0.25) is 5.28 Å². The van der Waals surface area contributed by atoms with Crippen LogP contribution in [0.25, 0.3) is 0 Å². The predicted molar refractivity (Wildman–Crippen MR) is 84.3 cm³/mol. The van der Waals surface area contributed by atoms with Crippen LogP contribution < -0.4 is 5.32 Å². The number of halogens is 1. The number of carbonyl (C=O) groups is 1. The molecule has 1 aromatic rings. The van der Waals surface area contributed by atoms with Crippen molar-refractivity contribution >= 4 is 23.5 Å². The van der Waals surface area contributed by atoms with Gasteiger partial charge in [-0.3, -0.25) is 0 Å². The minimum Gasteiger partial charge on any atom is -0.444 e. The van der Waals surface area contributed by atoms with E-state index < -0.39 is 5.60 Å². The standard InChI is InChI=1S/C15H21ClN4O2/c1-15(2,3)22-14(21)20-7-9(8-20)17-12-10-5-4-6-11(10)18-13(16)19-12/h9H,4-8H2,1-3H3,(H,17,18,19). The van der Waals surface area contributed by atoms with Crippen molar-refractivity contribution in [3.8, 4) is 0 Å². The monoisotopic (exact) mass is 324 g/mol. The average Bonchev–Trinajstić information content (AvgIpc) is 2.78. The molecule has 2 aliphatic rings. The Morgan fingerprint density at radius 3 is 2.73 bits per heavy atom. The van der Waals surface area contributed by atoms with E-state index in [1.807, 2.05) is 20.8 Å². The number of nitrogens with zero attached hydrogens (tertiary/aromatic N) is 3. The molecule has 6 nitrogen and oxygen atoms in total. The van der Waals surface area contributed by atoms with Crippen LogP contribution in [0.3, 0.4) is 0 Å². The fraction of sp³-hybridized carbons (Fsp3) is 0.667. The van der Waals surface area contributed by atoms with Crippen molar-refractivity contribution in [3.05, 3.63) is 16.5 Å². The van der Waals surface area contributed by atoms with Gasteiger partial charge < -0.3 is 15.0 Å². The first-order valence-corrected chi connectivity index (χ1v) is 7.99. The highest BCUT2D eigenvalue weighted by molar-refractivity contribution is 6.28. The lowest BCUT2D eigenvalue weighted by atomic mass is 10.1. The van der Waals surface area contributed by atoms with E-state index >= 15 is 0 Å². The van der Waals surface area contributed by atoms with Crippen LogP contribution in [0.4, 0.5) is 10.6 Å². The van der Waals surface area contributed by atoms with Crippen molar-refractivity contribution in [2.24, 2.45) is 0 Å². The van der Waals surface area contributed by atoms with Crippen molar-refractivity contribution in [3.63, 3.8) is 0 Å². The summed E-state index contributed by atoms with van der Waals surface area (Å²) >= 11 is 5.98. The lowest BCUT2D eigenvalue weighted by Gasteiger charge is -2.40. The lowest BCUT2D eigenvalue weighted by Crippen LogP contribution is -2.58. The SMILES string of the molecule is CC(C)(C)OC(=O)N1CC(Nc2nc(Cl)nc3c2CCC3)C1. The summed E-state index contributed by atoms with van der Waals surface area (Å²) in [5.74, 6) is 0.821. The second-order valence-electron chi connectivity index (χ2n) is 6.85. The molecule has 120 valence electrons. The molecule has 0 bridgehead atoms. The number of hydrogen-bond acceptors (Lipinski definition) is 5. The number of rotatable bonds is 2. The molecular formula is C15H21ClN4O2. The van der Waals surface area contributed by atoms with Gasteiger partial charge in [0.05, 0.1) is 11.7 Å². The third-order valence-electron chi connectivity index (χ3n) is 3.78. The van der Waals surface area contributed by atoms with Gasteiger partial charge in [0.25, 0.3) is 0 Å². The Morgan fingerprint density at radius 1 is 1.32 bits per heavy atom. The van der Waals surface area contributed by atoms with Gasteiger partial charge in [0.15, 0.2) is 0 Å². The molecule has 0 radical (unpaired) electrons. The van der Waals surface area contributed by atoms with Gasteiger partial charge in [-0.05, 0) is 51.6 Å². The first-order valence-electron chi connectivity index (χ1n) is 7.61. The fourth-order valence-electron chi connectivity index (χ4n) is 2.76. The Morgan fingerprint density at radius 2 is 2.05 bits per heavy atom. The zero-order valence-electron chi connectivity index (χ0n) is 13.1. The smallest absolute Gasteiger partial charge is 0.410 e. The Labute approximate surface area is 135 Å². The number of ether oxygens (including phenoxy) is 1. The molecule has 1 aromatic heterocycles. The molecule has 0 saturated carbocycles. The van der Waals surface area contributed by atoms with Gasteiger partial charge in [-0.15, -0.1) is 0 Å². The third kappa shape index (κ3) is 3.27. The second-order valence-corrected chi connectivity index (χ2v) is 7.18. The molecule has 0 atom stereocenters. The number of hydrogen-bond donors (Lipinski definition) is 1. The molecule has 0 aromatic carbocycles. The van der Waals surface area contributed by atoms with E-state index in [1.54, 1.807) is 4.90 Å². The molecule has 1 N–H and O–H groups in total. The van der Waals surface area contributed by atoms with E-state index in [2.05, 4.69) is 15.3 Å². The zero-order chi connectivity index (χ0) is 15.9. The minimum absolute atomic E-state index is 0.184. The highest BCUT2D eigenvalue weighted by Gasteiger charge is 2.34. The average molecular weight is 325 g/mol. The van der Waals surface area contributed by atoms with E-state index in [1.165, 1.54) is 5.56 Å². The van der Waals surface area contributed by atoms with Crippen molar-refractivity contribution in [1.82, 2.24) is 14.9 Å². The topological polar surface area (TPSA) is 67.3 Å². The largest absolute Gasteiger partial charge is 0.444 e. The number of nitrogens with one attached hydrogen (secondary N) is 1. The van der Waals surface area contributed by atoms with Crippen molar-refractivity contribution in [2.75, 3.05) is 18.4 Å². The summed E-state index contributed by atoms with van der Waals surface area (Å²) in [7, 11) is 0. The Hall–Kier alpha value is -1.56. The van der Waals surface area contributed by atoms with Crippen LogP contribution in [-0.4, -0.2) is 45.7 Å². The minimum atomic E-state index is -0.462. The number of fused-ring (bicyclic) bond motifs is 1. The Balaban J connectivity index is 1.58. The predicted octanol–water partition coefficient (Wildman–Crippen LogP) is 2.65. The third-order valence-corrected chi connectivity index (χ3v) is 3.95. The quantitative estimate of drug-likeness (QED) is 0.847. The van der Waals surface area contributed by atoms with Crippen LogP contribution in [-0.2, 0) is 17.6 Å². The maximum absolute atomic E-state index is 11.9. The van der Waals surface area contributed by atoms with Crippen LogP contribution in [0.5, 0.6) is 0 Å². The molecule has 1 saturated heterocycles. The molecule has 0 unspecified atom stereocenters. The van der Waals surface area contributed by atoms with Crippen molar-refractivity contribution in [2.45, 2.75) is 51.7 Å². The van der Waals surface area contributed by atoms with E-state index in [-0.39, 0.29) is 17.4 Å². The van der Waals surface area contributed by atoms with Gasteiger partial charge in [-0.2, -0.15) is 0 Å². The van der Waals surface area contributed by atoms with E-state index in [0.29, 0.717) is 13.1 Å². The van der Waals surface area contributed by atoms with Gasteiger partial charge in [-0.1, -0.05) is 0 Å². The number of carbonyl (C=O) groups excluding carboxylic acids is 1. The maximum Gasteiger partial charge on any atom is 0.410 e. The van der Waals surface area contributed by atoms with Gasteiger partial charge in [0.1, 0.15) is 11.4 Å². The summed E-state index contributed by atoms with van der Waals surface area (Å²) in [5.41, 5.74) is 1.75. The summed E-state index contributed by atoms with van der Waals surface area (Å²) in [6.45, 7) is 6.84. The maximum atomic E-state index is 11.9. The molecule has 2 heterocycles. The van der Waals surface area contributed by atoms with Crippen molar-refractivity contribution in [1.29, 1.82) is 0 Å². The number of anilines is 1. The summed E-state index contributed by atoms with van der Waals surface area (Å²) in [4.78, 5) is 22.2. The van der Waals surface area contributed by atoms with Crippen LogP contribution in [0, 0.1) is 0 Å². The number of likely N-dealkylation sites (tertiary alicyclic amines) is 1. The first-order chi connectivity index (χ1) is 10.3. The van der Waals surface area contributed by atoms with E-state index in [0.717, 1.165) is 30.8 Å². The van der Waals surface area contributed by atoms with Crippen molar-refractivity contribution < 1.29 is 9.53 Å². The summed E-state index contributed by atoms with van der Waals surface area (Å²) in [6, 6.07) is 0.184. The van der Waals surface area contributed by atoms with Gasteiger partial charge >= 0.3 is 6.09 Å². The summed E-state index contributed by atoms with van der Waals surface area (Å²) < 4.78 is 5.35. The van der Waals surface area contributed by atoms with E-state index in [4.69, 9.17) is 16.3 Å². The Kier molecular flexibility index (Phi) is 3.89. The zero-order valence-corrected chi connectivity index (χ0v) is 13.9. The normalized spacial score (nSPS) is 17.9. The number of amides is 1. The highest BCUT2D eigenvalue weighted by Crippen LogP contribution is 2.29.